The zero-order chi connectivity index (χ0) is 18.0. The summed E-state index contributed by atoms with van der Waals surface area (Å²) in [5.41, 5.74) is 3.04. The molecule has 4 heteroatoms. The molecule has 2 aromatic carbocycles. The van der Waals surface area contributed by atoms with E-state index < -0.39 is 11.7 Å². The SMILES string of the molecule is Cc1ccc2c(c1)C(=O)C(=O)N2Cc1ccccc1OCCC(C)C. The fourth-order valence-corrected chi connectivity index (χ4v) is 2.92. The van der Waals surface area contributed by atoms with Crippen LogP contribution in [0.4, 0.5) is 5.69 Å². The van der Waals surface area contributed by atoms with Crippen molar-refractivity contribution in [3.8, 4) is 5.75 Å². The number of Topliss-reactive ketones (excluding diaryl/α,β-unsaturated/α-hetero) is 1. The van der Waals surface area contributed by atoms with Crippen molar-refractivity contribution >= 4 is 17.4 Å². The molecule has 1 amide bonds. The van der Waals surface area contributed by atoms with Crippen molar-refractivity contribution in [1.82, 2.24) is 0 Å². The van der Waals surface area contributed by atoms with E-state index in [1.54, 1.807) is 11.0 Å². The zero-order valence-corrected chi connectivity index (χ0v) is 14.9. The predicted octanol–water partition coefficient (Wildman–Crippen LogP) is 4.15. The lowest BCUT2D eigenvalue weighted by molar-refractivity contribution is -0.114. The summed E-state index contributed by atoms with van der Waals surface area (Å²) in [6.45, 7) is 7.19. The Bertz CT molecular complexity index is 811. The summed E-state index contributed by atoms with van der Waals surface area (Å²) in [6, 6.07) is 13.2. The zero-order valence-electron chi connectivity index (χ0n) is 14.9. The van der Waals surface area contributed by atoms with Gasteiger partial charge in [0.1, 0.15) is 5.75 Å². The van der Waals surface area contributed by atoms with Gasteiger partial charge in [0.15, 0.2) is 0 Å². The normalized spacial score (nSPS) is 13.5. The number of carbonyl (C=O) groups is 2. The second-order valence-electron chi connectivity index (χ2n) is 6.88. The fraction of sp³-hybridized carbons (Fsp3) is 0.333. The van der Waals surface area contributed by atoms with Crippen LogP contribution in [-0.4, -0.2) is 18.3 Å². The molecule has 0 radical (unpaired) electrons. The van der Waals surface area contributed by atoms with E-state index in [0.717, 1.165) is 23.3 Å². The Morgan fingerprint density at radius 2 is 1.84 bits per heavy atom. The summed E-state index contributed by atoms with van der Waals surface area (Å²) in [5.74, 6) is 0.429. The summed E-state index contributed by atoms with van der Waals surface area (Å²) in [4.78, 5) is 26.2. The number of aryl methyl sites for hydroxylation is 1. The van der Waals surface area contributed by atoms with Crippen LogP contribution in [0.15, 0.2) is 42.5 Å². The average Bonchev–Trinajstić information content (AvgIpc) is 2.81. The van der Waals surface area contributed by atoms with Crippen LogP contribution >= 0.6 is 0 Å². The number of para-hydroxylation sites is 1. The van der Waals surface area contributed by atoms with Crippen molar-refractivity contribution in [3.05, 3.63) is 59.2 Å². The molecule has 0 unspecified atom stereocenters. The van der Waals surface area contributed by atoms with Gasteiger partial charge in [-0.05, 0) is 37.5 Å². The van der Waals surface area contributed by atoms with Crippen LogP contribution in [0.1, 0.15) is 41.8 Å². The smallest absolute Gasteiger partial charge is 0.299 e. The maximum absolute atomic E-state index is 12.4. The van der Waals surface area contributed by atoms with Gasteiger partial charge in [-0.3, -0.25) is 9.59 Å². The first-order valence-electron chi connectivity index (χ1n) is 8.65. The largest absolute Gasteiger partial charge is 0.493 e. The summed E-state index contributed by atoms with van der Waals surface area (Å²) in [7, 11) is 0. The Kier molecular flexibility index (Phi) is 4.88. The number of nitrogens with zero attached hydrogens (tertiary/aromatic N) is 1. The molecule has 0 aliphatic carbocycles. The number of benzene rings is 2. The molecule has 0 atom stereocenters. The molecular formula is C21H23NO3. The highest BCUT2D eigenvalue weighted by atomic mass is 16.5. The van der Waals surface area contributed by atoms with E-state index in [-0.39, 0.29) is 0 Å². The molecule has 2 aromatic rings. The molecule has 25 heavy (non-hydrogen) atoms. The Hall–Kier alpha value is -2.62. The van der Waals surface area contributed by atoms with E-state index in [9.17, 15) is 9.59 Å². The van der Waals surface area contributed by atoms with Crippen LogP contribution < -0.4 is 9.64 Å². The molecule has 0 saturated carbocycles. The predicted molar refractivity (Wildman–Crippen MR) is 98.1 cm³/mol. The van der Waals surface area contributed by atoms with Gasteiger partial charge >= 0.3 is 0 Å². The Morgan fingerprint density at radius 1 is 1.08 bits per heavy atom. The number of carbonyl (C=O) groups excluding carboxylic acids is 2. The third-order valence-electron chi connectivity index (χ3n) is 4.38. The van der Waals surface area contributed by atoms with Crippen molar-refractivity contribution in [2.24, 2.45) is 5.92 Å². The summed E-state index contributed by atoms with van der Waals surface area (Å²) < 4.78 is 5.90. The van der Waals surface area contributed by atoms with Gasteiger partial charge in [-0.25, -0.2) is 0 Å². The minimum Gasteiger partial charge on any atom is -0.493 e. The molecule has 0 saturated heterocycles. The number of rotatable bonds is 6. The Morgan fingerprint density at radius 3 is 2.60 bits per heavy atom. The van der Waals surface area contributed by atoms with Gasteiger partial charge in [-0.15, -0.1) is 0 Å². The van der Waals surface area contributed by atoms with Gasteiger partial charge in [0.25, 0.3) is 11.7 Å². The number of ether oxygens (including phenoxy) is 1. The highest BCUT2D eigenvalue weighted by Crippen LogP contribution is 2.32. The Labute approximate surface area is 148 Å². The second kappa shape index (κ2) is 7.09. The van der Waals surface area contributed by atoms with E-state index >= 15 is 0 Å². The van der Waals surface area contributed by atoms with Gasteiger partial charge in [-0.1, -0.05) is 43.7 Å². The first-order chi connectivity index (χ1) is 12.0. The summed E-state index contributed by atoms with van der Waals surface area (Å²) in [5, 5.41) is 0. The van der Waals surface area contributed by atoms with Gasteiger partial charge in [0.2, 0.25) is 0 Å². The summed E-state index contributed by atoms with van der Waals surface area (Å²) in [6.07, 6.45) is 0.970. The number of ketones is 1. The molecule has 0 bridgehead atoms. The molecular weight excluding hydrogens is 314 g/mol. The van der Waals surface area contributed by atoms with Crippen LogP contribution in [0, 0.1) is 12.8 Å². The fourth-order valence-electron chi connectivity index (χ4n) is 2.92. The first-order valence-corrected chi connectivity index (χ1v) is 8.65. The lowest BCUT2D eigenvalue weighted by Gasteiger charge is -2.19. The molecule has 1 aliphatic rings. The molecule has 3 rings (SSSR count). The molecule has 4 nitrogen and oxygen atoms in total. The maximum Gasteiger partial charge on any atom is 0.299 e. The van der Waals surface area contributed by atoms with Crippen molar-refractivity contribution in [1.29, 1.82) is 0 Å². The topological polar surface area (TPSA) is 46.6 Å². The van der Waals surface area contributed by atoms with Crippen LogP contribution in [-0.2, 0) is 11.3 Å². The van der Waals surface area contributed by atoms with Crippen LogP contribution in [0.5, 0.6) is 5.75 Å². The van der Waals surface area contributed by atoms with Crippen molar-refractivity contribution in [2.75, 3.05) is 11.5 Å². The molecule has 0 N–H and O–H groups in total. The first kappa shape index (κ1) is 17.2. The number of amides is 1. The number of hydrogen-bond acceptors (Lipinski definition) is 3. The monoisotopic (exact) mass is 337 g/mol. The van der Waals surface area contributed by atoms with E-state index in [1.807, 2.05) is 43.3 Å². The molecule has 1 aliphatic heterocycles. The average molecular weight is 337 g/mol. The standard InChI is InChI=1S/C21H23NO3/c1-14(2)10-11-25-19-7-5-4-6-16(19)13-22-18-9-8-15(3)12-17(18)20(23)21(22)24/h4-9,12,14H,10-11,13H2,1-3H3. The molecule has 130 valence electrons. The number of hydrogen-bond donors (Lipinski definition) is 0. The van der Waals surface area contributed by atoms with E-state index in [0.29, 0.717) is 30.3 Å². The lowest BCUT2D eigenvalue weighted by atomic mass is 10.1. The number of anilines is 1. The van der Waals surface area contributed by atoms with E-state index in [2.05, 4.69) is 13.8 Å². The van der Waals surface area contributed by atoms with E-state index in [1.165, 1.54) is 0 Å². The molecule has 0 fully saturated rings. The molecule has 0 spiro atoms. The van der Waals surface area contributed by atoms with Crippen LogP contribution in [0.3, 0.4) is 0 Å². The molecule has 0 aromatic heterocycles. The minimum absolute atomic E-state index is 0.332. The third-order valence-corrected chi connectivity index (χ3v) is 4.38. The lowest BCUT2D eigenvalue weighted by Crippen LogP contribution is -2.29. The maximum atomic E-state index is 12.4. The van der Waals surface area contributed by atoms with Crippen molar-refractivity contribution in [2.45, 2.75) is 33.7 Å². The summed E-state index contributed by atoms with van der Waals surface area (Å²) >= 11 is 0. The number of fused-ring (bicyclic) bond motifs is 1. The second-order valence-corrected chi connectivity index (χ2v) is 6.88. The highest BCUT2D eigenvalue weighted by molar-refractivity contribution is 6.52. The van der Waals surface area contributed by atoms with E-state index in [4.69, 9.17) is 4.74 Å². The van der Waals surface area contributed by atoms with Gasteiger partial charge < -0.3 is 9.64 Å². The van der Waals surface area contributed by atoms with Crippen LogP contribution in [0.2, 0.25) is 0 Å². The van der Waals surface area contributed by atoms with Gasteiger partial charge in [0, 0.05) is 5.56 Å². The van der Waals surface area contributed by atoms with Gasteiger partial charge in [-0.2, -0.15) is 0 Å². The Balaban J connectivity index is 1.84. The van der Waals surface area contributed by atoms with Crippen LogP contribution in [0.25, 0.3) is 0 Å². The molecule has 1 heterocycles. The third kappa shape index (κ3) is 3.58. The van der Waals surface area contributed by atoms with Crippen molar-refractivity contribution in [3.63, 3.8) is 0 Å². The quantitative estimate of drug-likeness (QED) is 0.744. The van der Waals surface area contributed by atoms with Crippen molar-refractivity contribution < 1.29 is 14.3 Å². The van der Waals surface area contributed by atoms with Gasteiger partial charge in [0.05, 0.1) is 24.4 Å². The highest BCUT2D eigenvalue weighted by Gasteiger charge is 2.36. The minimum atomic E-state index is -0.474.